The van der Waals surface area contributed by atoms with E-state index in [0.29, 0.717) is 12.8 Å². The second-order valence-corrected chi connectivity index (χ2v) is 6.94. The van der Waals surface area contributed by atoms with Gasteiger partial charge in [0.1, 0.15) is 5.75 Å². The molecule has 3 aliphatic rings. The molecular formula is C20H21NO3. The lowest BCUT2D eigenvalue weighted by Gasteiger charge is -2.41. The largest absolute Gasteiger partial charge is 0.496 e. The molecule has 0 aromatic heterocycles. The zero-order chi connectivity index (χ0) is 16.3. The van der Waals surface area contributed by atoms with Gasteiger partial charge >= 0.3 is 0 Å². The molecular weight excluding hydrogens is 302 g/mol. The summed E-state index contributed by atoms with van der Waals surface area (Å²) in [6.45, 7) is 4.57. The molecule has 0 saturated carbocycles. The van der Waals surface area contributed by atoms with Crippen molar-refractivity contribution in [2.45, 2.75) is 32.4 Å². The Morgan fingerprint density at radius 3 is 2.71 bits per heavy atom. The number of nitrogens with zero attached hydrogens (tertiary/aromatic N) is 1. The van der Waals surface area contributed by atoms with E-state index in [2.05, 4.69) is 36.1 Å². The number of hydrogen-bond acceptors (Lipinski definition) is 4. The zero-order valence-corrected chi connectivity index (χ0v) is 14.1. The predicted octanol–water partition coefficient (Wildman–Crippen LogP) is 3.39. The highest BCUT2D eigenvalue weighted by Crippen LogP contribution is 2.44. The van der Waals surface area contributed by atoms with Gasteiger partial charge in [0.15, 0.2) is 11.5 Å². The molecule has 1 atom stereocenters. The molecule has 5 rings (SSSR count). The van der Waals surface area contributed by atoms with Crippen LogP contribution < -0.4 is 14.2 Å². The summed E-state index contributed by atoms with van der Waals surface area (Å²) >= 11 is 0. The lowest BCUT2D eigenvalue weighted by molar-refractivity contribution is 0.160. The molecule has 0 N–H and O–H groups in total. The van der Waals surface area contributed by atoms with Gasteiger partial charge in [0.2, 0.25) is 6.79 Å². The van der Waals surface area contributed by atoms with Crippen molar-refractivity contribution in [3.63, 3.8) is 0 Å². The van der Waals surface area contributed by atoms with Gasteiger partial charge in [0.05, 0.1) is 7.11 Å². The fourth-order valence-corrected chi connectivity index (χ4v) is 4.35. The molecule has 3 aliphatic heterocycles. The van der Waals surface area contributed by atoms with Crippen LogP contribution in [-0.2, 0) is 19.4 Å². The minimum absolute atomic E-state index is 0.339. The van der Waals surface area contributed by atoms with Crippen LogP contribution in [0.5, 0.6) is 17.2 Å². The number of ether oxygens (including phenoxy) is 3. The lowest BCUT2D eigenvalue weighted by Crippen LogP contribution is -2.39. The molecule has 0 saturated heterocycles. The summed E-state index contributed by atoms with van der Waals surface area (Å²) in [5.74, 6) is 2.78. The highest BCUT2D eigenvalue weighted by Gasteiger charge is 2.34. The number of rotatable bonds is 1. The number of aryl methyl sites for hydroxylation is 1. The Labute approximate surface area is 141 Å². The van der Waals surface area contributed by atoms with Crippen molar-refractivity contribution in [2.75, 3.05) is 20.4 Å². The van der Waals surface area contributed by atoms with E-state index in [0.717, 1.165) is 43.2 Å². The number of methoxy groups -OCH3 is 1. The van der Waals surface area contributed by atoms with Crippen LogP contribution in [0, 0.1) is 6.92 Å². The summed E-state index contributed by atoms with van der Waals surface area (Å²) in [5.41, 5.74) is 6.87. The third-order valence-corrected chi connectivity index (χ3v) is 5.61. The first-order valence-corrected chi connectivity index (χ1v) is 8.56. The van der Waals surface area contributed by atoms with Crippen LogP contribution in [0.2, 0.25) is 0 Å². The van der Waals surface area contributed by atoms with Gasteiger partial charge in [0.25, 0.3) is 0 Å². The number of benzene rings is 2. The Balaban J connectivity index is 1.57. The number of fused-ring (bicyclic) bond motifs is 5. The number of hydrogen-bond donors (Lipinski definition) is 0. The van der Waals surface area contributed by atoms with Gasteiger partial charge in [-0.3, -0.25) is 4.90 Å². The zero-order valence-electron chi connectivity index (χ0n) is 14.1. The van der Waals surface area contributed by atoms with E-state index in [9.17, 15) is 0 Å². The molecule has 0 fully saturated rings. The Morgan fingerprint density at radius 2 is 1.88 bits per heavy atom. The minimum Gasteiger partial charge on any atom is -0.496 e. The molecule has 0 bridgehead atoms. The second kappa shape index (κ2) is 5.15. The van der Waals surface area contributed by atoms with Crippen LogP contribution in [0.15, 0.2) is 24.3 Å². The monoisotopic (exact) mass is 323 g/mol. The normalized spacial score (nSPS) is 21.0. The van der Waals surface area contributed by atoms with Gasteiger partial charge in [0, 0.05) is 19.1 Å². The summed E-state index contributed by atoms with van der Waals surface area (Å²) in [6, 6.07) is 9.32. The summed E-state index contributed by atoms with van der Waals surface area (Å²) in [6.07, 6.45) is 2.10. The van der Waals surface area contributed by atoms with Crippen LogP contribution >= 0.6 is 0 Å². The van der Waals surface area contributed by atoms with Crippen LogP contribution in [0.4, 0.5) is 0 Å². The maximum atomic E-state index is 5.61. The van der Waals surface area contributed by atoms with E-state index >= 15 is 0 Å². The standard InChI is InChI=1S/C20H21NO3/c1-12-5-15-10-21-4-3-13-7-19-20(24-11-23-19)9-16(13)17(21)6-14(15)8-18(12)22-2/h5,7-9,17H,3-4,6,10-11H2,1-2H3. The van der Waals surface area contributed by atoms with E-state index in [1.807, 2.05) is 0 Å². The van der Waals surface area contributed by atoms with Crippen molar-refractivity contribution in [2.24, 2.45) is 0 Å². The predicted molar refractivity (Wildman–Crippen MR) is 90.9 cm³/mol. The Kier molecular flexibility index (Phi) is 3.04. The van der Waals surface area contributed by atoms with E-state index in [1.165, 1.54) is 27.8 Å². The lowest BCUT2D eigenvalue weighted by atomic mass is 9.83. The first-order valence-electron chi connectivity index (χ1n) is 8.56. The highest BCUT2D eigenvalue weighted by atomic mass is 16.7. The van der Waals surface area contributed by atoms with Crippen molar-refractivity contribution in [3.05, 3.63) is 52.1 Å². The summed E-state index contributed by atoms with van der Waals surface area (Å²) < 4.78 is 16.7. The van der Waals surface area contributed by atoms with Crippen molar-refractivity contribution >= 4 is 0 Å². The molecule has 124 valence electrons. The van der Waals surface area contributed by atoms with Gasteiger partial charge in [-0.2, -0.15) is 0 Å². The average molecular weight is 323 g/mol. The average Bonchev–Trinajstić information content (AvgIpc) is 3.05. The van der Waals surface area contributed by atoms with Gasteiger partial charge < -0.3 is 14.2 Å². The van der Waals surface area contributed by atoms with E-state index in [1.54, 1.807) is 7.11 Å². The van der Waals surface area contributed by atoms with Crippen LogP contribution in [0.1, 0.15) is 33.9 Å². The Bertz CT molecular complexity index is 830. The smallest absolute Gasteiger partial charge is 0.231 e. The van der Waals surface area contributed by atoms with Gasteiger partial charge in [-0.1, -0.05) is 6.07 Å². The molecule has 0 aliphatic carbocycles. The van der Waals surface area contributed by atoms with Gasteiger partial charge in [-0.05, 0) is 65.8 Å². The highest BCUT2D eigenvalue weighted by molar-refractivity contribution is 5.52. The molecule has 2 aromatic rings. The fourth-order valence-electron chi connectivity index (χ4n) is 4.35. The molecule has 24 heavy (non-hydrogen) atoms. The van der Waals surface area contributed by atoms with Crippen LogP contribution in [0.25, 0.3) is 0 Å². The molecule has 0 amide bonds. The maximum Gasteiger partial charge on any atom is 0.231 e. The topological polar surface area (TPSA) is 30.9 Å². The van der Waals surface area contributed by atoms with E-state index in [-0.39, 0.29) is 0 Å². The molecule has 1 unspecified atom stereocenters. The van der Waals surface area contributed by atoms with Crippen molar-refractivity contribution in [3.8, 4) is 17.2 Å². The molecule has 3 heterocycles. The van der Waals surface area contributed by atoms with Crippen molar-refractivity contribution in [1.82, 2.24) is 4.90 Å². The first-order chi connectivity index (χ1) is 11.7. The second-order valence-electron chi connectivity index (χ2n) is 6.94. The molecule has 4 heteroatoms. The summed E-state index contributed by atoms with van der Waals surface area (Å²) in [5, 5.41) is 0. The third-order valence-electron chi connectivity index (χ3n) is 5.61. The molecule has 2 aromatic carbocycles. The fraction of sp³-hybridized carbons (Fsp3) is 0.400. The van der Waals surface area contributed by atoms with E-state index < -0.39 is 0 Å². The van der Waals surface area contributed by atoms with Crippen LogP contribution in [0.3, 0.4) is 0 Å². The molecule has 4 nitrogen and oxygen atoms in total. The first kappa shape index (κ1) is 14.2. The summed E-state index contributed by atoms with van der Waals surface area (Å²) in [4.78, 5) is 2.60. The van der Waals surface area contributed by atoms with Gasteiger partial charge in [-0.25, -0.2) is 0 Å². The molecule has 0 radical (unpaired) electrons. The third kappa shape index (κ3) is 2.02. The van der Waals surface area contributed by atoms with Gasteiger partial charge in [-0.15, -0.1) is 0 Å². The van der Waals surface area contributed by atoms with Crippen molar-refractivity contribution < 1.29 is 14.2 Å². The van der Waals surface area contributed by atoms with Crippen LogP contribution in [-0.4, -0.2) is 25.3 Å². The molecule has 0 spiro atoms. The van der Waals surface area contributed by atoms with E-state index in [4.69, 9.17) is 14.2 Å². The Hall–Kier alpha value is -2.20. The van der Waals surface area contributed by atoms with Crippen molar-refractivity contribution in [1.29, 1.82) is 0 Å². The summed E-state index contributed by atoms with van der Waals surface area (Å²) in [7, 11) is 1.75. The SMILES string of the molecule is COc1cc2c(cc1C)CN1CCc3cc4c(cc3C1C2)OCO4. The maximum absolute atomic E-state index is 5.61. The quantitative estimate of drug-likeness (QED) is 0.805. The Morgan fingerprint density at radius 1 is 1.04 bits per heavy atom. The minimum atomic E-state index is 0.339.